The standard InChI is InChI=1S/C21H28N2O2/c1-4-23(5-2)16-19-8-6-18(7-9-19)15-22-21(24)14-17-10-12-20(25-3)13-11-17/h6-13H,4-5,14-16H2,1-3H3,(H,22,24)/p+1. The van der Waals surface area contributed by atoms with Crippen molar-refractivity contribution < 1.29 is 14.4 Å². The van der Waals surface area contributed by atoms with Crippen LogP contribution in [0.15, 0.2) is 48.5 Å². The molecule has 0 spiro atoms. The van der Waals surface area contributed by atoms with Crippen LogP contribution < -0.4 is 15.0 Å². The highest BCUT2D eigenvalue weighted by Crippen LogP contribution is 2.11. The molecule has 0 aliphatic heterocycles. The molecule has 0 radical (unpaired) electrons. The molecule has 2 aromatic rings. The van der Waals surface area contributed by atoms with Crippen molar-refractivity contribution >= 4 is 5.91 Å². The van der Waals surface area contributed by atoms with Gasteiger partial charge in [-0.3, -0.25) is 4.79 Å². The minimum atomic E-state index is 0.0295. The van der Waals surface area contributed by atoms with Gasteiger partial charge in [0.05, 0.1) is 26.6 Å². The Bertz CT molecular complexity index is 647. The molecule has 25 heavy (non-hydrogen) atoms. The van der Waals surface area contributed by atoms with Gasteiger partial charge in [0.15, 0.2) is 0 Å². The first-order chi connectivity index (χ1) is 12.1. The maximum absolute atomic E-state index is 12.1. The molecule has 0 heterocycles. The van der Waals surface area contributed by atoms with Crippen molar-refractivity contribution in [2.75, 3.05) is 20.2 Å². The van der Waals surface area contributed by atoms with Gasteiger partial charge in [-0.25, -0.2) is 0 Å². The maximum Gasteiger partial charge on any atom is 0.224 e. The molecule has 2 N–H and O–H groups in total. The molecule has 0 saturated carbocycles. The van der Waals surface area contributed by atoms with E-state index in [-0.39, 0.29) is 5.91 Å². The zero-order valence-electron chi connectivity index (χ0n) is 15.5. The van der Waals surface area contributed by atoms with Crippen molar-refractivity contribution in [2.24, 2.45) is 0 Å². The second kappa shape index (κ2) is 9.84. The molecular weight excluding hydrogens is 312 g/mol. The zero-order chi connectivity index (χ0) is 18.1. The Hall–Kier alpha value is -2.33. The SMILES string of the molecule is CC[NH+](CC)Cc1ccc(CNC(=O)Cc2ccc(OC)cc2)cc1. The van der Waals surface area contributed by atoms with Crippen LogP contribution in [0, 0.1) is 0 Å². The van der Waals surface area contributed by atoms with Gasteiger partial charge in [-0.1, -0.05) is 36.4 Å². The van der Waals surface area contributed by atoms with E-state index in [4.69, 9.17) is 4.74 Å². The van der Waals surface area contributed by atoms with Gasteiger partial charge in [-0.2, -0.15) is 0 Å². The van der Waals surface area contributed by atoms with Crippen LogP contribution >= 0.6 is 0 Å². The molecule has 0 saturated heterocycles. The molecule has 4 heteroatoms. The van der Waals surface area contributed by atoms with E-state index in [0.717, 1.165) is 36.5 Å². The third-order valence-electron chi connectivity index (χ3n) is 4.49. The third kappa shape index (κ3) is 6.24. The van der Waals surface area contributed by atoms with E-state index in [9.17, 15) is 4.79 Å². The van der Waals surface area contributed by atoms with E-state index in [1.807, 2.05) is 24.3 Å². The fraction of sp³-hybridized carbons (Fsp3) is 0.381. The van der Waals surface area contributed by atoms with Gasteiger partial charge in [0, 0.05) is 12.1 Å². The first-order valence-corrected chi connectivity index (χ1v) is 8.95. The van der Waals surface area contributed by atoms with Crippen LogP contribution in [-0.4, -0.2) is 26.1 Å². The summed E-state index contributed by atoms with van der Waals surface area (Å²) in [5.74, 6) is 0.831. The number of ether oxygens (including phenoxy) is 1. The molecule has 0 fully saturated rings. The van der Waals surface area contributed by atoms with Crippen LogP contribution in [-0.2, 0) is 24.3 Å². The highest BCUT2D eigenvalue weighted by Gasteiger charge is 2.06. The number of carbonyl (C=O) groups is 1. The van der Waals surface area contributed by atoms with E-state index >= 15 is 0 Å². The van der Waals surface area contributed by atoms with Crippen LogP contribution in [0.25, 0.3) is 0 Å². The van der Waals surface area contributed by atoms with E-state index in [1.165, 1.54) is 5.56 Å². The Labute approximate surface area is 150 Å². The first kappa shape index (κ1) is 19.0. The van der Waals surface area contributed by atoms with Crippen LogP contribution in [0.4, 0.5) is 0 Å². The number of carbonyl (C=O) groups excluding carboxylic acids is 1. The van der Waals surface area contributed by atoms with Gasteiger partial charge in [0.25, 0.3) is 0 Å². The van der Waals surface area contributed by atoms with Crippen molar-refractivity contribution in [3.8, 4) is 5.75 Å². The lowest BCUT2D eigenvalue weighted by Crippen LogP contribution is -3.10. The zero-order valence-corrected chi connectivity index (χ0v) is 15.5. The predicted octanol–water partition coefficient (Wildman–Crippen LogP) is 1.98. The fourth-order valence-electron chi connectivity index (χ4n) is 2.76. The smallest absolute Gasteiger partial charge is 0.224 e. The third-order valence-corrected chi connectivity index (χ3v) is 4.49. The average molecular weight is 341 g/mol. The van der Waals surface area contributed by atoms with Crippen molar-refractivity contribution in [2.45, 2.75) is 33.4 Å². The summed E-state index contributed by atoms with van der Waals surface area (Å²) in [6, 6.07) is 16.1. The van der Waals surface area contributed by atoms with Crippen molar-refractivity contribution in [3.05, 3.63) is 65.2 Å². The van der Waals surface area contributed by atoms with Crippen LogP contribution in [0.1, 0.15) is 30.5 Å². The van der Waals surface area contributed by atoms with Crippen molar-refractivity contribution in [1.82, 2.24) is 5.32 Å². The molecule has 2 aromatic carbocycles. The lowest BCUT2D eigenvalue weighted by Gasteiger charge is -2.15. The number of nitrogens with one attached hydrogen (secondary N) is 2. The highest BCUT2D eigenvalue weighted by molar-refractivity contribution is 5.78. The number of methoxy groups -OCH3 is 1. The molecule has 0 atom stereocenters. The first-order valence-electron chi connectivity index (χ1n) is 8.95. The minimum absolute atomic E-state index is 0.0295. The largest absolute Gasteiger partial charge is 0.497 e. The number of amides is 1. The topological polar surface area (TPSA) is 42.8 Å². The number of hydrogen-bond acceptors (Lipinski definition) is 2. The Morgan fingerprint density at radius 2 is 1.48 bits per heavy atom. The normalized spacial score (nSPS) is 10.7. The summed E-state index contributed by atoms with van der Waals surface area (Å²) in [4.78, 5) is 13.7. The van der Waals surface area contributed by atoms with Gasteiger partial charge in [0.2, 0.25) is 5.91 Å². The second-order valence-electron chi connectivity index (χ2n) is 6.25. The molecular formula is C21H29N2O2+. The summed E-state index contributed by atoms with van der Waals surface area (Å²) in [5, 5.41) is 2.98. The number of quaternary nitrogens is 1. The molecule has 4 nitrogen and oxygen atoms in total. The Morgan fingerprint density at radius 1 is 0.920 bits per heavy atom. The molecule has 0 bridgehead atoms. The molecule has 134 valence electrons. The molecule has 0 aromatic heterocycles. The van der Waals surface area contributed by atoms with E-state index in [1.54, 1.807) is 12.0 Å². The summed E-state index contributed by atoms with van der Waals surface area (Å²) in [5.41, 5.74) is 3.45. The number of benzene rings is 2. The van der Waals surface area contributed by atoms with E-state index < -0.39 is 0 Å². The predicted molar refractivity (Wildman–Crippen MR) is 101 cm³/mol. The Kier molecular flexibility index (Phi) is 7.48. The fourth-order valence-corrected chi connectivity index (χ4v) is 2.76. The summed E-state index contributed by atoms with van der Waals surface area (Å²) >= 11 is 0. The van der Waals surface area contributed by atoms with E-state index in [2.05, 4.69) is 43.4 Å². The monoisotopic (exact) mass is 341 g/mol. The lowest BCUT2D eigenvalue weighted by molar-refractivity contribution is -0.910. The average Bonchev–Trinajstić information content (AvgIpc) is 2.66. The highest BCUT2D eigenvalue weighted by atomic mass is 16.5. The molecule has 1 amide bonds. The molecule has 2 rings (SSSR count). The van der Waals surface area contributed by atoms with Crippen molar-refractivity contribution in [3.63, 3.8) is 0 Å². The number of hydrogen-bond donors (Lipinski definition) is 2. The second-order valence-corrected chi connectivity index (χ2v) is 6.25. The number of rotatable bonds is 9. The summed E-state index contributed by atoms with van der Waals surface area (Å²) in [7, 11) is 1.64. The van der Waals surface area contributed by atoms with E-state index in [0.29, 0.717) is 13.0 Å². The quantitative estimate of drug-likeness (QED) is 0.732. The molecule has 0 aliphatic carbocycles. The maximum atomic E-state index is 12.1. The summed E-state index contributed by atoms with van der Waals surface area (Å²) < 4.78 is 5.13. The van der Waals surface area contributed by atoms with Gasteiger partial charge >= 0.3 is 0 Å². The van der Waals surface area contributed by atoms with Crippen LogP contribution in [0.3, 0.4) is 0 Å². The minimum Gasteiger partial charge on any atom is -0.497 e. The van der Waals surface area contributed by atoms with Gasteiger partial charge in [-0.05, 0) is 37.1 Å². The van der Waals surface area contributed by atoms with Crippen LogP contribution in [0.2, 0.25) is 0 Å². The summed E-state index contributed by atoms with van der Waals surface area (Å²) in [6.45, 7) is 8.32. The lowest BCUT2D eigenvalue weighted by atomic mass is 10.1. The van der Waals surface area contributed by atoms with Gasteiger partial charge < -0.3 is 15.0 Å². The molecule has 0 aliphatic rings. The Morgan fingerprint density at radius 3 is 2.04 bits per heavy atom. The van der Waals surface area contributed by atoms with Crippen LogP contribution in [0.5, 0.6) is 5.75 Å². The van der Waals surface area contributed by atoms with Gasteiger partial charge in [-0.15, -0.1) is 0 Å². The summed E-state index contributed by atoms with van der Waals surface area (Å²) in [6.07, 6.45) is 0.382. The molecule has 0 unspecified atom stereocenters. The van der Waals surface area contributed by atoms with Gasteiger partial charge in [0.1, 0.15) is 12.3 Å². The van der Waals surface area contributed by atoms with Crippen molar-refractivity contribution in [1.29, 1.82) is 0 Å². The Balaban J connectivity index is 1.80.